The summed E-state index contributed by atoms with van der Waals surface area (Å²) in [7, 11) is 0. The number of hydrogen-bond donors (Lipinski definition) is 2. The summed E-state index contributed by atoms with van der Waals surface area (Å²) >= 11 is 3.41. The molecule has 3 N–H and O–H groups in total. The van der Waals surface area contributed by atoms with Crippen molar-refractivity contribution in [2.24, 2.45) is 5.73 Å². The van der Waals surface area contributed by atoms with Crippen molar-refractivity contribution in [1.82, 2.24) is 0 Å². The minimum Gasteiger partial charge on any atom is -0.383 e. The first-order valence-corrected chi connectivity index (χ1v) is 6.26. The van der Waals surface area contributed by atoms with E-state index in [4.69, 9.17) is 5.73 Å². The summed E-state index contributed by atoms with van der Waals surface area (Å²) in [5.41, 5.74) is 7.10. The van der Waals surface area contributed by atoms with Crippen LogP contribution >= 0.6 is 15.9 Å². The standard InChI is InChI=1S/C12H19BrN2/c1-2-3-4-11(14)9-15-12-7-5-10(13)6-8-12/h5-8,11,15H,2-4,9,14H2,1H3. The highest BCUT2D eigenvalue weighted by Gasteiger charge is 2.01. The maximum atomic E-state index is 5.97. The van der Waals surface area contributed by atoms with Crippen molar-refractivity contribution < 1.29 is 0 Å². The average molecular weight is 271 g/mol. The zero-order valence-corrected chi connectivity index (χ0v) is 10.8. The molecule has 0 radical (unpaired) electrons. The summed E-state index contributed by atoms with van der Waals surface area (Å²) in [5.74, 6) is 0. The second kappa shape index (κ2) is 6.85. The van der Waals surface area contributed by atoms with Crippen LogP contribution in [0.25, 0.3) is 0 Å². The van der Waals surface area contributed by atoms with Crippen LogP contribution in [0.15, 0.2) is 28.7 Å². The number of nitrogens with one attached hydrogen (secondary N) is 1. The molecule has 0 heterocycles. The van der Waals surface area contributed by atoms with E-state index in [0.29, 0.717) is 0 Å². The Bertz CT molecular complexity index is 271. The summed E-state index contributed by atoms with van der Waals surface area (Å²) in [6.07, 6.45) is 3.52. The van der Waals surface area contributed by atoms with Crippen LogP contribution in [0.3, 0.4) is 0 Å². The molecular formula is C12H19BrN2. The van der Waals surface area contributed by atoms with E-state index in [9.17, 15) is 0 Å². The third kappa shape index (κ3) is 5.19. The van der Waals surface area contributed by atoms with Gasteiger partial charge in [0.1, 0.15) is 0 Å². The molecule has 1 rings (SSSR count). The molecule has 3 heteroatoms. The lowest BCUT2D eigenvalue weighted by Gasteiger charge is -2.13. The number of benzene rings is 1. The molecule has 0 fully saturated rings. The Balaban J connectivity index is 2.27. The van der Waals surface area contributed by atoms with Crippen LogP contribution < -0.4 is 11.1 Å². The van der Waals surface area contributed by atoms with E-state index >= 15 is 0 Å². The fourth-order valence-corrected chi connectivity index (χ4v) is 1.65. The molecule has 0 aliphatic heterocycles. The Morgan fingerprint density at radius 2 is 2.00 bits per heavy atom. The second-order valence-electron chi connectivity index (χ2n) is 3.79. The lowest BCUT2D eigenvalue weighted by atomic mass is 10.1. The van der Waals surface area contributed by atoms with E-state index in [1.807, 2.05) is 12.1 Å². The smallest absolute Gasteiger partial charge is 0.0341 e. The average Bonchev–Trinajstić information content (AvgIpc) is 2.25. The van der Waals surface area contributed by atoms with Crippen molar-refractivity contribution >= 4 is 21.6 Å². The predicted octanol–water partition coefficient (Wildman–Crippen LogP) is 3.38. The Morgan fingerprint density at radius 1 is 1.33 bits per heavy atom. The fourth-order valence-electron chi connectivity index (χ4n) is 1.39. The van der Waals surface area contributed by atoms with Gasteiger partial charge in [-0.2, -0.15) is 0 Å². The van der Waals surface area contributed by atoms with E-state index in [1.165, 1.54) is 12.8 Å². The number of unbranched alkanes of at least 4 members (excludes halogenated alkanes) is 1. The van der Waals surface area contributed by atoms with Gasteiger partial charge in [-0.05, 0) is 30.7 Å². The highest BCUT2D eigenvalue weighted by Crippen LogP contribution is 2.14. The van der Waals surface area contributed by atoms with Crippen LogP contribution in [0.1, 0.15) is 26.2 Å². The van der Waals surface area contributed by atoms with Crippen LogP contribution in [-0.2, 0) is 0 Å². The molecule has 0 aliphatic carbocycles. The molecule has 1 unspecified atom stereocenters. The minimum atomic E-state index is 0.258. The van der Waals surface area contributed by atoms with E-state index < -0.39 is 0 Å². The first-order chi connectivity index (χ1) is 7.22. The largest absolute Gasteiger partial charge is 0.383 e. The van der Waals surface area contributed by atoms with Gasteiger partial charge in [0.25, 0.3) is 0 Å². The van der Waals surface area contributed by atoms with Crippen molar-refractivity contribution in [3.05, 3.63) is 28.7 Å². The van der Waals surface area contributed by atoms with Crippen LogP contribution in [0.2, 0.25) is 0 Å². The topological polar surface area (TPSA) is 38.0 Å². The van der Waals surface area contributed by atoms with Crippen LogP contribution in [0.4, 0.5) is 5.69 Å². The second-order valence-corrected chi connectivity index (χ2v) is 4.71. The summed E-state index contributed by atoms with van der Waals surface area (Å²) in [6, 6.07) is 8.42. The number of nitrogens with two attached hydrogens (primary N) is 1. The molecule has 0 amide bonds. The fraction of sp³-hybridized carbons (Fsp3) is 0.500. The molecular weight excluding hydrogens is 252 g/mol. The molecule has 15 heavy (non-hydrogen) atoms. The Labute approximate surface area is 100 Å². The van der Waals surface area contributed by atoms with Crippen LogP contribution in [-0.4, -0.2) is 12.6 Å². The van der Waals surface area contributed by atoms with Crippen molar-refractivity contribution in [1.29, 1.82) is 0 Å². The first-order valence-electron chi connectivity index (χ1n) is 5.47. The van der Waals surface area contributed by atoms with E-state index in [-0.39, 0.29) is 6.04 Å². The highest BCUT2D eigenvalue weighted by atomic mass is 79.9. The number of halogens is 1. The predicted molar refractivity (Wildman–Crippen MR) is 70.1 cm³/mol. The van der Waals surface area contributed by atoms with E-state index in [2.05, 4.69) is 40.3 Å². The maximum absolute atomic E-state index is 5.97. The molecule has 0 spiro atoms. The molecule has 0 bridgehead atoms. The third-order valence-electron chi connectivity index (χ3n) is 2.34. The van der Waals surface area contributed by atoms with Crippen LogP contribution in [0, 0.1) is 0 Å². The summed E-state index contributed by atoms with van der Waals surface area (Å²) in [5, 5.41) is 3.33. The molecule has 0 saturated carbocycles. The van der Waals surface area contributed by atoms with Gasteiger partial charge in [-0.1, -0.05) is 35.7 Å². The Kier molecular flexibility index (Phi) is 5.73. The van der Waals surface area contributed by atoms with Crippen molar-refractivity contribution in [2.75, 3.05) is 11.9 Å². The van der Waals surface area contributed by atoms with Crippen molar-refractivity contribution in [2.45, 2.75) is 32.2 Å². The zero-order chi connectivity index (χ0) is 11.1. The highest BCUT2D eigenvalue weighted by molar-refractivity contribution is 9.10. The summed E-state index contributed by atoms with van der Waals surface area (Å²) < 4.78 is 1.10. The van der Waals surface area contributed by atoms with Crippen molar-refractivity contribution in [3.8, 4) is 0 Å². The molecule has 0 aliphatic rings. The quantitative estimate of drug-likeness (QED) is 0.832. The van der Waals surface area contributed by atoms with Gasteiger partial charge in [0, 0.05) is 22.7 Å². The van der Waals surface area contributed by atoms with E-state index in [0.717, 1.165) is 23.1 Å². The van der Waals surface area contributed by atoms with Gasteiger partial charge in [0.15, 0.2) is 0 Å². The summed E-state index contributed by atoms with van der Waals surface area (Å²) in [4.78, 5) is 0. The maximum Gasteiger partial charge on any atom is 0.0341 e. The van der Waals surface area contributed by atoms with Crippen LogP contribution in [0.5, 0.6) is 0 Å². The summed E-state index contributed by atoms with van der Waals surface area (Å²) in [6.45, 7) is 3.04. The molecule has 84 valence electrons. The third-order valence-corrected chi connectivity index (χ3v) is 2.87. The zero-order valence-electron chi connectivity index (χ0n) is 9.17. The Hall–Kier alpha value is -0.540. The van der Waals surface area contributed by atoms with E-state index in [1.54, 1.807) is 0 Å². The monoisotopic (exact) mass is 270 g/mol. The van der Waals surface area contributed by atoms with Gasteiger partial charge in [0.2, 0.25) is 0 Å². The molecule has 1 aromatic carbocycles. The normalized spacial score (nSPS) is 12.5. The van der Waals surface area contributed by atoms with Gasteiger partial charge in [-0.15, -0.1) is 0 Å². The molecule has 0 saturated heterocycles. The Morgan fingerprint density at radius 3 is 2.60 bits per heavy atom. The van der Waals surface area contributed by atoms with Gasteiger partial charge in [-0.3, -0.25) is 0 Å². The first kappa shape index (κ1) is 12.5. The van der Waals surface area contributed by atoms with Gasteiger partial charge < -0.3 is 11.1 Å². The van der Waals surface area contributed by atoms with Gasteiger partial charge in [-0.25, -0.2) is 0 Å². The SMILES string of the molecule is CCCCC(N)CNc1ccc(Br)cc1. The molecule has 0 aromatic heterocycles. The number of anilines is 1. The number of hydrogen-bond acceptors (Lipinski definition) is 2. The molecule has 1 aromatic rings. The lowest BCUT2D eigenvalue weighted by Crippen LogP contribution is -2.28. The molecule has 2 nitrogen and oxygen atoms in total. The van der Waals surface area contributed by atoms with Crippen molar-refractivity contribution in [3.63, 3.8) is 0 Å². The molecule has 1 atom stereocenters. The van der Waals surface area contributed by atoms with Gasteiger partial charge >= 0.3 is 0 Å². The number of rotatable bonds is 6. The van der Waals surface area contributed by atoms with Gasteiger partial charge in [0.05, 0.1) is 0 Å². The lowest BCUT2D eigenvalue weighted by molar-refractivity contribution is 0.596. The minimum absolute atomic E-state index is 0.258.